The lowest BCUT2D eigenvalue weighted by atomic mass is 10.00. The zero-order valence-electron chi connectivity index (χ0n) is 17.1. The molecule has 28 heavy (non-hydrogen) atoms. The second kappa shape index (κ2) is 8.43. The van der Waals surface area contributed by atoms with Crippen LogP contribution in [0.2, 0.25) is 0 Å². The van der Waals surface area contributed by atoms with Crippen LogP contribution in [-0.2, 0) is 14.3 Å². The Kier molecular flexibility index (Phi) is 6.18. The van der Waals surface area contributed by atoms with E-state index in [0.717, 1.165) is 5.56 Å². The van der Waals surface area contributed by atoms with Gasteiger partial charge in [0, 0.05) is 12.1 Å². The molecule has 2 aliphatic heterocycles. The lowest BCUT2D eigenvalue weighted by molar-refractivity contribution is -0.138. The van der Waals surface area contributed by atoms with Crippen LogP contribution in [0.4, 0.5) is 0 Å². The summed E-state index contributed by atoms with van der Waals surface area (Å²) in [6, 6.07) is 6.33. The van der Waals surface area contributed by atoms with E-state index in [9.17, 15) is 14.4 Å². The van der Waals surface area contributed by atoms with Gasteiger partial charge in [-0.25, -0.2) is 0 Å². The standard InChI is InChI=1S/C22H30N2O4/c1-13(2)11-17(22(27)24-10-9-19-20(24)18(25)12-28-19)23-21(26)16-7-5-15(6-8-16)14(3)4/h5-8,13-14,17,19-20H,9-12H2,1-4H3,(H,23,26)/t17-,19?,20?/m0/s1. The van der Waals surface area contributed by atoms with Gasteiger partial charge in [-0.1, -0.05) is 39.8 Å². The minimum absolute atomic E-state index is 0.0465. The molecule has 6 heteroatoms. The van der Waals surface area contributed by atoms with Crippen molar-refractivity contribution in [2.24, 2.45) is 5.92 Å². The van der Waals surface area contributed by atoms with Crippen LogP contribution in [0.25, 0.3) is 0 Å². The number of nitrogens with one attached hydrogen (secondary N) is 1. The first-order chi connectivity index (χ1) is 13.3. The lowest BCUT2D eigenvalue weighted by Gasteiger charge is -2.28. The summed E-state index contributed by atoms with van der Waals surface area (Å²) < 4.78 is 5.48. The van der Waals surface area contributed by atoms with E-state index >= 15 is 0 Å². The van der Waals surface area contributed by atoms with Gasteiger partial charge in [-0.05, 0) is 42.4 Å². The molecule has 0 radical (unpaired) electrons. The highest BCUT2D eigenvalue weighted by Gasteiger charge is 2.48. The Hall–Kier alpha value is -2.21. The quantitative estimate of drug-likeness (QED) is 0.815. The first kappa shape index (κ1) is 20.5. The fraction of sp³-hybridized carbons (Fsp3) is 0.591. The highest BCUT2D eigenvalue weighted by Crippen LogP contribution is 2.28. The predicted octanol–water partition coefficient (Wildman–Crippen LogP) is 2.52. The van der Waals surface area contributed by atoms with Crippen LogP contribution in [0.3, 0.4) is 0 Å². The smallest absolute Gasteiger partial charge is 0.251 e. The molecule has 2 amide bonds. The third kappa shape index (κ3) is 4.27. The number of carbonyl (C=O) groups excluding carboxylic acids is 3. The molecular formula is C22H30N2O4. The van der Waals surface area contributed by atoms with Crippen molar-refractivity contribution in [1.29, 1.82) is 0 Å². The van der Waals surface area contributed by atoms with Crippen molar-refractivity contribution in [3.05, 3.63) is 35.4 Å². The van der Waals surface area contributed by atoms with Gasteiger partial charge >= 0.3 is 0 Å². The van der Waals surface area contributed by atoms with Gasteiger partial charge in [0.1, 0.15) is 18.7 Å². The molecule has 6 nitrogen and oxygen atoms in total. The summed E-state index contributed by atoms with van der Waals surface area (Å²) >= 11 is 0. The van der Waals surface area contributed by atoms with Crippen molar-refractivity contribution in [2.75, 3.05) is 13.2 Å². The van der Waals surface area contributed by atoms with Gasteiger partial charge in [0.25, 0.3) is 5.91 Å². The van der Waals surface area contributed by atoms with E-state index in [2.05, 4.69) is 19.2 Å². The van der Waals surface area contributed by atoms with E-state index in [0.29, 0.717) is 30.9 Å². The van der Waals surface area contributed by atoms with Gasteiger partial charge in [-0.3, -0.25) is 14.4 Å². The third-order valence-corrected chi connectivity index (χ3v) is 5.55. The van der Waals surface area contributed by atoms with E-state index in [4.69, 9.17) is 4.74 Å². The highest BCUT2D eigenvalue weighted by atomic mass is 16.5. The number of fused-ring (bicyclic) bond motifs is 1. The number of likely N-dealkylation sites (tertiary alicyclic amines) is 1. The van der Waals surface area contributed by atoms with E-state index in [1.54, 1.807) is 17.0 Å². The van der Waals surface area contributed by atoms with Crippen LogP contribution in [0.1, 0.15) is 62.4 Å². The number of nitrogens with zero attached hydrogens (tertiary/aromatic N) is 1. The molecule has 1 aromatic rings. The maximum atomic E-state index is 13.2. The summed E-state index contributed by atoms with van der Waals surface area (Å²) in [5.41, 5.74) is 1.69. The van der Waals surface area contributed by atoms with E-state index in [1.165, 1.54) is 0 Å². The number of benzene rings is 1. The van der Waals surface area contributed by atoms with Crippen molar-refractivity contribution < 1.29 is 19.1 Å². The molecule has 3 atom stereocenters. The fourth-order valence-corrected chi connectivity index (χ4v) is 4.00. The van der Waals surface area contributed by atoms with Crippen molar-refractivity contribution >= 4 is 17.6 Å². The average molecular weight is 386 g/mol. The number of ether oxygens (including phenoxy) is 1. The Balaban J connectivity index is 1.73. The Labute approximate surface area is 166 Å². The first-order valence-corrected chi connectivity index (χ1v) is 10.1. The van der Waals surface area contributed by atoms with Crippen LogP contribution < -0.4 is 5.32 Å². The van der Waals surface area contributed by atoms with Crippen molar-refractivity contribution in [1.82, 2.24) is 10.2 Å². The Bertz CT molecular complexity index is 741. The highest BCUT2D eigenvalue weighted by molar-refractivity contribution is 5.99. The molecule has 1 aromatic carbocycles. The van der Waals surface area contributed by atoms with E-state index < -0.39 is 12.1 Å². The van der Waals surface area contributed by atoms with Gasteiger partial charge in [0.15, 0.2) is 5.78 Å². The monoisotopic (exact) mass is 386 g/mol. The lowest BCUT2D eigenvalue weighted by Crippen LogP contribution is -2.52. The minimum Gasteiger partial charge on any atom is -0.368 e. The summed E-state index contributed by atoms with van der Waals surface area (Å²) in [5, 5.41) is 2.90. The number of hydrogen-bond donors (Lipinski definition) is 1. The largest absolute Gasteiger partial charge is 0.368 e. The molecule has 3 rings (SSSR count). The van der Waals surface area contributed by atoms with Gasteiger partial charge < -0.3 is 15.0 Å². The molecule has 2 aliphatic rings. The number of Topliss-reactive ketones (excluding diaryl/α,β-unsaturated/α-hetero) is 1. The van der Waals surface area contributed by atoms with Gasteiger partial charge in [-0.2, -0.15) is 0 Å². The van der Waals surface area contributed by atoms with Crippen molar-refractivity contribution in [3.63, 3.8) is 0 Å². The van der Waals surface area contributed by atoms with Crippen LogP contribution in [0.15, 0.2) is 24.3 Å². The zero-order chi connectivity index (χ0) is 20.4. The number of rotatable bonds is 6. The summed E-state index contributed by atoms with van der Waals surface area (Å²) in [6.45, 7) is 8.80. The van der Waals surface area contributed by atoms with Gasteiger partial charge in [-0.15, -0.1) is 0 Å². The molecule has 0 spiro atoms. The Morgan fingerprint density at radius 1 is 1.18 bits per heavy atom. The SMILES string of the molecule is CC(C)C[C@H](NC(=O)c1ccc(C(C)C)cc1)C(=O)N1CCC2OCC(=O)C21. The van der Waals surface area contributed by atoms with Gasteiger partial charge in [0.05, 0.1) is 6.10 Å². The van der Waals surface area contributed by atoms with Gasteiger partial charge in [0.2, 0.25) is 5.91 Å². The molecule has 0 aromatic heterocycles. The molecule has 1 N–H and O–H groups in total. The van der Waals surface area contributed by atoms with E-state index in [1.807, 2.05) is 26.0 Å². The zero-order valence-corrected chi connectivity index (χ0v) is 17.1. The van der Waals surface area contributed by atoms with Crippen LogP contribution in [0, 0.1) is 5.92 Å². The number of carbonyl (C=O) groups is 3. The number of amides is 2. The molecule has 2 heterocycles. The van der Waals surface area contributed by atoms with Crippen LogP contribution in [-0.4, -0.2) is 53.8 Å². The molecular weight excluding hydrogens is 356 g/mol. The van der Waals surface area contributed by atoms with Crippen molar-refractivity contribution in [3.8, 4) is 0 Å². The predicted molar refractivity (Wildman–Crippen MR) is 106 cm³/mol. The Morgan fingerprint density at radius 2 is 1.86 bits per heavy atom. The van der Waals surface area contributed by atoms with Crippen LogP contribution >= 0.6 is 0 Å². The minimum atomic E-state index is -0.649. The molecule has 2 saturated heterocycles. The maximum Gasteiger partial charge on any atom is 0.251 e. The summed E-state index contributed by atoms with van der Waals surface area (Å²) in [6.07, 6.45) is 0.995. The molecule has 2 unspecified atom stereocenters. The topological polar surface area (TPSA) is 75.7 Å². The van der Waals surface area contributed by atoms with Crippen LogP contribution in [0.5, 0.6) is 0 Å². The van der Waals surface area contributed by atoms with Crippen molar-refractivity contribution in [2.45, 2.75) is 64.6 Å². The second-order valence-electron chi connectivity index (χ2n) is 8.51. The number of hydrogen-bond acceptors (Lipinski definition) is 4. The molecule has 0 aliphatic carbocycles. The fourth-order valence-electron chi connectivity index (χ4n) is 4.00. The second-order valence-corrected chi connectivity index (χ2v) is 8.51. The Morgan fingerprint density at radius 3 is 2.46 bits per heavy atom. The molecule has 0 bridgehead atoms. The molecule has 0 saturated carbocycles. The summed E-state index contributed by atoms with van der Waals surface area (Å²) in [7, 11) is 0. The maximum absolute atomic E-state index is 13.2. The molecule has 152 valence electrons. The first-order valence-electron chi connectivity index (χ1n) is 10.1. The van der Waals surface area contributed by atoms with E-state index in [-0.39, 0.29) is 36.2 Å². The number of ketones is 1. The molecule has 2 fully saturated rings. The normalized spacial score (nSPS) is 22.6. The summed E-state index contributed by atoms with van der Waals surface area (Å²) in [5.74, 6) is 0.120. The average Bonchev–Trinajstić information content (AvgIpc) is 3.23. The summed E-state index contributed by atoms with van der Waals surface area (Å²) in [4.78, 5) is 39.7. The third-order valence-electron chi connectivity index (χ3n) is 5.55.